The fraction of sp³-hybridized carbons (Fsp3) is 0.364. The van der Waals surface area contributed by atoms with Crippen molar-refractivity contribution in [1.82, 2.24) is 15.7 Å². The molecule has 1 rings (SSSR count). The minimum atomic E-state index is -0.581. The van der Waals surface area contributed by atoms with Gasteiger partial charge in [0.1, 0.15) is 12.6 Å². The Morgan fingerprint density at radius 3 is 3.00 bits per heavy atom. The van der Waals surface area contributed by atoms with Crippen LogP contribution >= 0.6 is 11.6 Å². The van der Waals surface area contributed by atoms with Gasteiger partial charge in [0.25, 0.3) is 6.20 Å². The predicted octanol–water partition coefficient (Wildman–Crippen LogP) is 0.937. The van der Waals surface area contributed by atoms with Gasteiger partial charge in [0.05, 0.1) is 16.6 Å². The molecule has 3 N–H and O–H groups in total. The Balaban J connectivity index is 2.43. The number of hydrogen-bond donors (Lipinski definition) is 3. The van der Waals surface area contributed by atoms with E-state index in [-0.39, 0.29) is 12.6 Å². The summed E-state index contributed by atoms with van der Waals surface area (Å²) in [7, 11) is 1.51. The molecule has 0 aliphatic heterocycles. The maximum absolute atomic E-state index is 10.5. The highest BCUT2D eigenvalue weighted by Crippen LogP contribution is 2.08. The lowest BCUT2D eigenvalue weighted by Crippen LogP contribution is -2.33. The van der Waals surface area contributed by atoms with Gasteiger partial charge in [-0.25, -0.2) is 4.98 Å². The number of halogens is 1. The summed E-state index contributed by atoms with van der Waals surface area (Å²) >= 11 is 5.71. The zero-order valence-electron chi connectivity index (χ0n) is 11.3. The molecule has 0 spiro atoms. The number of hydrogen-bond acceptors (Lipinski definition) is 8. The number of aromatic nitrogens is 1. The van der Waals surface area contributed by atoms with Crippen molar-refractivity contribution in [2.75, 3.05) is 32.5 Å². The third-order valence-corrected chi connectivity index (χ3v) is 2.27. The Labute approximate surface area is 126 Å². The van der Waals surface area contributed by atoms with Crippen molar-refractivity contribution in [1.29, 1.82) is 0 Å². The van der Waals surface area contributed by atoms with E-state index >= 15 is 0 Å². The Hall–Kier alpha value is -2.10. The van der Waals surface area contributed by atoms with Crippen molar-refractivity contribution in [2.45, 2.75) is 0 Å². The molecule has 0 saturated carbocycles. The first-order valence-corrected chi connectivity index (χ1v) is 6.29. The number of methoxy groups -OCH3 is 1. The molecule has 0 radical (unpaired) electrons. The van der Waals surface area contributed by atoms with E-state index in [1.165, 1.54) is 13.3 Å². The molecule has 0 aliphatic carbocycles. The Morgan fingerprint density at radius 2 is 2.38 bits per heavy atom. The standard InChI is InChI=1S/C11H16ClN5O4/c1-20-8-21-5-4-13-11(7-17(18)19)16-15-10-3-2-9(12)6-14-10/h2-3,6-7,13,16H,4-5,8H2,1H3,(H,14,15)/b11-7-. The monoisotopic (exact) mass is 317 g/mol. The van der Waals surface area contributed by atoms with E-state index < -0.39 is 4.92 Å². The second kappa shape index (κ2) is 9.75. The molecule has 0 unspecified atom stereocenters. The smallest absolute Gasteiger partial charge is 0.275 e. The first-order chi connectivity index (χ1) is 10.1. The molecule has 0 atom stereocenters. The topological polar surface area (TPSA) is 111 Å². The zero-order chi connectivity index (χ0) is 15.5. The maximum atomic E-state index is 10.5. The van der Waals surface area contributed by atoms with Gasteiger partial charge in [-0.1, -0.05) is 11.6 Å². The van der Waals surface area contributed by atoms with E-state index in [0.717, 1.165) is 6.20 Å². The van der Waals surface area contributed by atoms with Gasteiger partial charge in [0.2, 0.25) is 0 Å². The number of ether oxygens (including phenoxy) is 2. The molecule has 0 saturated heterocycles. The van der Waals surface area contributed by atoms with Crippen LogP contribution < -0.4 is 16.2 Å². The number of pyridine rings is 1. The third kappa shape index (κ3) is 7.92. The second-order valence-electron chi connectivity index (χ2n) is 3.68. The molecule has 1 heterocycles. The largest absolute Gasteiger partial charge is 0.363 e. The van der Waals surface area contributed by atoms with E-state index in [4.69, 9.17) is 21.1 Å². The molecule has 10 heteroatoms. The van der Waals surface area contributed by atoms with Gasteiger partial charge < -0.3 is 14.8 Å². The molecule has 0 fully saturated rings. The molecule has 0 aliphatic rings. The number of nitrogens with one attached hydrogen (secondary N) is 3. The lowest BCUT2D eigenvalue weighted by molar-refractivity contribution is -0.404. The third-order valence-electron chi connectivity index (χ3n) is 2.05. The van der Waals surface area contributed by atoms with Crippen LogP contribution in [-0.2, 0) is 9.47 Å². The van der Waals surface area contributed by atoms with Crippen molar-refractivity contribution in [3.05, 3.63) is 45.5 Å². The van der Waals surface area contributed by atoms with Crippen molar-refractivity contribution < 1.29 is 14.4 Å². The Kier molecular flexibility index (Phi) is 7.87. The van der Waals surface area contributed by atoms with Gasteiger partial charge >= 0.3 is 0 Å². The molecule has 9 nitrogen and oxygen atoms in total. The SMILES string of the molecule is COCOCCN/C(=C/[N+](=O)[O-])NNc1ccc(Cl)cn1. The van der Waals surface area contributed by atoms with Crippen LogP contribution in [0.5, 0.6) is 0 Å². The lowest BCUT2D eigenvalue weighted by Gasteiger charge is -2.12. The summed E-state index contributed by atoms with van der Waals surface area (Å²) in [6.07, 6.45) is 2.24. The molecular formula is C11H16ClN5O4. The van der Waals surface area contributed by atoms with Crippen molar-refractivity contribution in [2.24, 2.45) is 0 Å². The van der Waals surface area contributed by atoms with E-state index in [1.54, 1.807) is 12.1 Å². The molecule has 0 bridgehead atoms. The van der Waals surface area contributed by atoms with Crippen LogP contribution in [0.25, 0.3) is 0 Å². The Bertz CT molecular complexity index is 468. The highest BCUT2D eigenvalue weighted by molar-refractivity contribution is 6.30. The number of nitrogens with zero attached hydrogens (tertiary/aromatic N) is 2. The lowest BCUT2D eigenvalue weighted by atomic mass is 10.5. The first kappa shape index (κ1) is 17.0. The van der Waals surface area contributed by atoms with E-state index in [0.29, 0.717) is 24.0 Å². The Morgan fingerprint density at radius 1 is 1.57 bits per heavy atom. The van der Waals surface area contributed by atoms with Gasteiger partial charge in [0.15, 0.2) is 5.82 Å². The fourth-order valence-corrected chi connectivity index (χ4v) is 1.32. The molecule has 116 valence electrons. The summed E-state index contributed by atoms with van der Waals surface area (Å²) in [6, 6.07) is 3.27. The molecule has 0 amide bonds. The molecule has 21 heavy (non-hydrogen) atoms. The van der Waals surface area contributed by atoms with Crippen LogP contribution in [0.3, 0.4) is 0 Å². The summed E-state index contributed by atoms with van der Waals surface area (Å²) in [5.74, 6) is 0.629. The highest BCUT2D eigenvalue weighted by Gasteiger charge is 2.02. The normalized spacial score (nSPS) is 11.0. The van der Waals surface area contributed by atoms with Crippen molar-refractivity contribution >= 4 is 17.4 Å². The molecular weight excluding hydrogens is 302 g/mol. The molecule has 1 aromatic rings. The quantitative estimate of drug-likeness (QED) is 0.253. The minimum absolute atomic E-state index is 0.163. The highest BCUT2D eigenvalue weighted by atomic mass is 35.5. The van der Waals surface area contributed by atoms with Crippen LogP contribution in [0.1, 0.15) is 0 Å². The summed E-state index contributed by atoms with van der Waals surface area (Å²) in [5.41, 5.74) is 5.35. The van der Waals surface area contributed by atoms with Gasteiger partial charge in [-0.3, -0.25) is 21.0 Å². The van der Waals surface area contributed by atoms with Gasteiger partial charge in [0, 0.05) is 19.9 Å². The average Bonchev–Trinajstić information content (AvgIpc) is 2.45. The van der Waals surface area contributed by atoms with E-state index in [1.807, 2.05) is 0 Å². The summed E-state index contributed by atoms with van der Waals surface area (Å²) in [5, 5.41) is 13.8. The molecule has 0 aromatic carbocycles. The predicted molar refractivity (Wildman–Crippen MR) is 76.9 cm³/mol. The van der Waals surface area contributed by atoms with Crippen molar-refractivity contribution in [3.63, 3.8) is 0 Å². The summed E-state index contributed by atoms with van der Waals surface area (Å²) in [4.78, 5) is 13.9. The second-order valence-corrected chi connectivity index (χ2v) is 4.12. The number of hydrazine groups is 1. The average molecular weight is 318 g/mol. The number of nitro groups is 1. The van der Waals surface area contributed by atoms with Gasteiger partial charge in [-0.05, 0) is 12.1 Å². The minimum Gasteiger partial charge on any atom is -0.363 e. The fourth-order valence-electron chi connectivity index (χ4n) is 1.21. The van der Waals surface area contributed by atoms with Crippen LogP contribution in [-0.4, -0.2) is 37.0 Å². The van der Waals surface area contributed by atoms with E-state index in [9.17, 15) is 10.1 Å². The zero-order valence-corrected chi connectivity index (χ0v) is 12.1. The van der Waals surface area contributed by atoms with Crippen LogP contribution in [0.15, 0.2) is 30.4 Å². The van der Waals surface area contributed by atoms with E-state index in [2.05, 4.69) is 21.2 Å². The summed E-state index contributed by atoms with van der Waals surface area (Å²) in [6.45, 7) is 0.867. The number of rotatable bonds is 10. The van der Waals surface area contributed by atoms with Crippen molar-refractivity contribution in [3.8, 4) is 0 Å². The maximum Gasteiger partial charge on any atom is 0.275 e. The summed E-state index contributed by atoms with van der Waals surface area (Å²) < 4.78 is 9.77. The van der Waals surface area contributed by atoms with Crippen LogP contribution in [0, 0.1) is 10.1 Å². The van der Waals surface area contributed by atoms with Gasteiger partial charge in [-0.2, -0.15) is 0 Å². The van der Waals surface area contributed by atoms with Gasteiger partial charge in [-0.15, -0.1) is 0 Å². The van der Waals surface area contributed by atoms with Crippen LogP contribution in [0.2, 0.25) is 5.02 Å². The number of anilines is 1. The van der Waals surface area contributed by atoms with Crippen LogP contribution in [0.4, 0.5) is 5.82 Å². The first-order valence-electron chi connectivity index (χ1n) is 5.91. The molecule has 1 aromatic heterocycles.